The van der Waals surface area contributed by atoms with E-state index < -0.39 is 0 Å². The third kappa shape index (κ3) is 3.31. The molecular weight excluding hydrogens is 244 g/mol. The molecule has 0 bridgehead atoms. The Morgan fingerprint density at radius 3 is 3.06 bits per heavy atom. The van der Waals surface area contributed by atoms with Crippen molar-refractivity contribution in [3.05, 3.63) is 16.1 Å². The van der Waals surface area contributed by atoms with Gasteiger partial charge in [0, 0.05) is 11.4 Å². The zero-order valence-electron chi connectivity index (χ0n) is 11.2. The lowest BCUT2D eigenvalue weighted by atomic mass is 9.97. The highest BCUT2D eigenvalue weighted by atomic mass is 32.1. The van der Waals surface area contributed by atoms with Gasteiger partial charge in [-0.2, -0.15) is 0 Å². The number of thiazole rings is 1. The number of aryl methyl sites for hydroxylation is 1. The summed E-state index contributed by atoms with van der Waals surface area (Å²) in [5.74, 6) is 0.682. The van der Waals surface area contributed by atoms with E-state index in [2.05, 4.69) is 17.2 Å². The normalized spacial score (nSPS) is 23.2. The van der Waals surface area contributed by atoms with Crippen molar-refractivity contribution in [2.24, 2.45) is 5.92 Å². The van der Waals surface area contributed by atoms with Crippen LogP contribution in [0.4, 0.5) is 0 Å². The van der Waals surface area contributed by atoms with Gasteiger partial charge in [-0.15, -0.1) is 11.3 Å². The van der Waals surface area contributed by atoms with E-state index in [1.807, 2.05) is 12.3 Å². The first-order valence-electron chi connectivity index (χ1n) is 6.93. The van der Waals surface area contributed by atoms with E-state index >= 15 is 0 Å². The molecule has 1 fully saturated rings. The number of nitrogens with zero attached hydrogens (tertiary/aromatic N) is 1. The van der Waals surface area contributed by atoms with Crippen molar-refractivity contribution in [2.75, 3.05) is 0 Å². The van der Waals surface area contributed by atoms with Crippen LogP contribution in [0.5, 0.6) is 0 Å². The fraction of sp³-hybridized carbons (Fsp3) is 0.714. The molecule has 2 unspecified atom stereocenters. The van der Waals surface area contributed by atoms with Crippen LogP contribution < -0.4 is 5.32 Å². The highest BCUT2D eigenvalue weighted by Crippen LogP contribution is 2.30. The largest absolute Gasteiger partial charge is 0.348 e. The predicted molar refractivity (Wildman–Crippen MR) is 75.0 cm³/mol. The molecule has 1 N–H and O–H groups in total. The maximum Gasteiger partial charge on any atom is 0.270 e. The number of amides is 1. The van der Waals surface area contributed by atoms with Gasteiger partial charge in [-0.3, -0.25) is 4.79 Å². The highest BCUT2D eigenvalue weighted by Gasteiger charge is 2.28. The van der Waals surface area contributed by atoms with Crippen molar-refractivity contribution in [3.8, 4) is 0 Å². The number of carbonyl (C=O) groups is 1. The highest BCUT2D eigenvalue weighted by molar-refractivity contribution is 7.09. The lowest BCUT2D eigenvalue weighted by molar-refractivity contribution is 0.0922. The molecule has 0 spiro atoms. The minimum absolute atomic E-state index is 0.00717. The molecule has 2 atom stereocenters. The van der Waals surface area contributed by atoms with Gasteiger partial charge in [0.15, 0.2) is 0 Å². The van der Waals surface area contributed by atoms with Crippen LogP contribution in [0.2, 0.25) is 0 Å². The van der Waals surface area contributed by atoms with Crippen LogP contribution in [0.1, 0.15) is 60.9 Å². The van der Waals surface area contributed by atoms with Gasteiger partial charge in [0.25, 0.3) is 5.91 Å². The molecule has 0 aromatic carbocycles. The average molecular weight is 266 g/mol. The second-order valence-electron chi connectivity index (χ2n) is 5.16. The minimum Gasteiger partial charge on any atom is -0.348 e. The van der Waals surface area contributed by atoms with Crippen LogP contribution in [-0.4, -0.2) is 16.9 Å². The molecule has 1 heterocycles. The monoisotopic (exact) mass is 266 g/mol. The van der Waals surface area contributed by atoms with Crippen LogP contribution in [-0.2, 0) is 0 Å². The fourth-order valence-corrected chi connectivity index (χ4v) is 3.34. The van der Waals surface area contributed by atoms with Gasteiger partial charge in [0.1, 0.15) is 5.69 Å². The Kier molecular flexibility index (Phi) is 4.75. The number of rotatable bonds is 5. The molecule has 1 aromatic rings. The standard InChI is InChI=1S/C14H22N2OS/c1-3-4-6-11-7-5-8-12(11)16-14(17)13-9-18-10(2)15-13/h9,11-12H,3-8H2,1-2H3,(H,16,17). The first-order valence-corrected chi connectivity index (χ1v) is 7.81. The Balaban J connectivity index is 1.90. The summed E-state index contributed by atoms with van der Waals surface area (Å²) in [5, 5.41) is 5.97. The van der Waals surface area contributed by atoms with Crippen molar-refractivity contribution < 1.29 is 4.79 Å². The molecule has 18 heavy (non-hydrogen) atoms. The third-order valence-corrected chi connectivity index (χ3v) is 4.53. The Labute approximate surface area is 113 Å². The van der Waals surface area contributed by atoms with Gasteiger partial charge in [0.05, 0.1) is 5.01 Å². The number of carbonyl (C=O) groups excluding carboxylic acids is 1. The number of nitrogens with one attached hydrogen (secondary N) is 1. The Morgan fingerprint density at radius 2 is 2.39 bits per heavy atom. The zero-order chi connectivity index (χ0) is 13.0. The second kappa shape index (κ2) is 6.32. The van der Waals surface area contributed by atoms with Crippen molar-refractivity contribution in [1.82, 2.24) is 10.3 Å². The summed E-state index contributed by atoms with van der Waals surface area (Å²) in [7, 11) is 0. The maximum atomic E-state index is 12.1. The predicted octanol–water partition coefficient (Wildman–Crippen LogP) is 3.54. The topological polar surface area (TPSA) is 42.0 Å². The number of hydrogen-bond acceptors (Lipinski definition) is 3. The number of aromatic nitrogens is 1. The van der Waals surface area contributed by atoms with E-state index in [9.17, 15) is 4.79 Å². The molecule has 1 amide bonds. The van der Waals surface area contributed by atoms with Gasteiger partial charge in [-0.1, -0.05) is 26.2 Å². The van der Waals surface area contributed by atoms with Gasteiger partial charge in [0.2, 0.25) is 0 Å². The SMILES string of the molecule is CCCCC1CCCC1NC(=O)c1csc(C)n1. The molecule has 100 valence electrons. The minimum atomic E-state index is 0.00717. The number of hydrogen-bond donors (Lipinski definition) is 1. The fourth-order valence-electron chi connectivity index (χ4n) is 2.75. The van der Waals surface area contributed by atoms with Crippen LogP contribution in [0.15, 0.2) is 5.38 Å². The van der Waals surface area contributed by atoms with E-state index in [-0.39, 0.29) is 5.91 Å². The lowest BCUT2D eigenvalue weighted by Gasteiger charge is -2.20. The average Bonchev–Trinajstić information content (AvgIpc) is 2.96. The summed E-state index contributed by atoms with van der Waals surface area (Å²) >= 11 is 1.53. The first-order chi connectivity index (χ1) is 8.70. The molecular formula is C14H22N2OS. The van der Waals surface area contributed by atoms with E-state index in [1.165, 1.54) is 43.4 Å². The van der Waals surface area contributed by atoms with E-state index in [0.717, 1.165) is 11.4 Å². The summed E-state index contributed by atoms with van der Waals surface area (Å²) < 4.78 is 0. The Bertz CT molecular complexity index is 402. The summed E-state index contributed by atoms with van der Waals surface area (Å²) in [4.78, 5) is 16.3. The molecule has 4 heteroatoms. The molecule has 0 aliphatic heterocycles. The summed E-state index contributed by atoms with van der Waals surface area (Å²) in [6.07, 6.45) is 7.40. The van der Waals surface area contributed by atoms with Crippen LogP contribution >= 0.6 is 11.3 Å². The van der Waals surface area contributed by atoms with Gasteiger partial charge >= 0.3 is 0 Å². The van der Waals surface area contributed by atoms with Crippen LogP contribution in [0.25, 0.3) is 0 Å². The first kappa shape index (κ1) is 13.5. The summed E-state index contributed by atoms with van der Waals surface area (Å²) in [6.45, 7) is 4.15. The molecule has 1 saturated carbocycles. The molecule has 1 aromatic heterocycles. The summed E-state index contributed by atoms with van der Waals surface area (Å²) in [5.41, 5.74) is 0.582. The molecule has 1 aliphatic rings. The van der Waals surface area contributed by atoms with Crippen LogP contribution in [0, 0.1) is 12.8 Å². The van der Waals surface area contributed by atoms with Crippen molar-refractivity contribution in [3.63, 3.8) is 0 Å². The van der Waals surface area contributed by atoms with E-state index in [1.54, 1.807) is 0 Å². The van der Waals surface area contributed by atoms with Crippen LogP contribution in [0.3, 0.4) is 0 Å². The smallest absolute Gasteiger partial charge is 0.270 e. The molecule has 3 nitrogen and oxygen atoms in total. The Hall–Kier alpha value is -0.900. The Morgan fingerprint density at radius 1 is 1.56 bits per heavy atom. The van der Waals surface area contributed by atoms with Gasteiger partial charge in [-0.25, -0.2) is 4.98 Å². The molecule has 1 aliphatic carbocycles. The third-order valence-electron chi connectivity index (χ3n) is 3.76. The molecule has 2 rings (SSSR count). The van der Waals surface area contributed by atoms with Crippen molar-refractivity contribution in [2.45, 2.75) is 58.4 Å². The van der Waals surface area contributed by atoms with E-state index in [0.29, 0.717) is 17.7 Å². The molecule has 0 radical (unpaired) electrons. The van der Waals surface area contributed by atoms with Crippen molar-refractivity contribution in [1.29, 1.82) is 0 Å². The lowest BCUT2D eigenvalue weighted by Crippen LogP contribution is -2.37. The number of unbranched alkanes of at least 4 members (excludes halogenated alkanes) is 1. The van der Waals surface area contributed by atoms with Gasteiger partial charge < -0.3 is 5.32 Å². The zero-order valence-corrected chi connectivity index (χ0v) is 12.1. The quantitative estimate of drug-likeness (QED) is 0.885. The summed E-state index contributed by atoms with van der Waals surface area (Å²) in [6, 6.07) is 0.367. The van der Waals surface area contributed by atoms with E-state index in [4.69, 9.17) is 0 Å². The second-order valence-corrected chi connectivity index (χ2v) is 6.23. The molecule has 0 saturated heterocycles. The maximum absolute atomic E-state index is 12.1. The van der Waals surface area contributed by atoms with Crippen molar-refractivity contribution >= 4 is 17.2 Å². The van der Waals surface area contributed by atoms with Gasteiger partial charge in [-0.05, 0) is 32.1 Å².